The van der Waals surface area contributed by atoms with Crippen LogP contribution < -0.4 is 5.32 Å². The maximum Gasteiger partial charge on any atom is 0.322 e. The molecule has 1 unspecified atom stereocenters. The molecule has 0 bridgehead atoms. The molecule has 0 saturated heterocycles. The van der Waals surface area contributed by atoms with Gasteiger partial charge in [0.15, 0.2) is 5.03 Å². The normalized spacial score (nSPS) is 12.2. The lowest BCUT2D eigenvalue weighted by Crippen LogP contribution is -2.07. The number of aliphatic hydroxyl groups is 1. The second-order valence-electron chi connectivity index (χ2n) is 3.73. The molecule has 0 aliphatic carbocycles. The Morgan fingerprint density at radius 2 is 2.22 bits per heavy atom. The zero-order valence-corrected chi connectivity index (χ0v) is 11.3. The lowest BCUT2D eigenvalue weighted by atomic mass is 10.3. The van der Waals surface area contributed by atoms with Gasteiger partial charge >= 0.3 is 5.69 Å². The summed E-state index contributed by atoms with van der Waals surface area (Å²) in [6, 6.07) is 0. The molecular formula is C10H16N4O3S. The van der Waals surface area contributed by atoms with E-state index >= 15 is 0 Å². The number of aromatic nitrogens is 2. The highest BCUT2D eigenvalue weighted by Crippen LogP contribution is 2.33. The molecule has 1 aromatic rings. The number of aliphatic hydroxyl groups excluding tert-OH is 1. The predicted octanol–water partition coefficient (Wildman–Crippen LogP) is 1.60. The highest BCUT2D eigenvalue weighted by atomic mass is 32.2. The third kappa shape index (κ3) is 3.54. The van der Waals surface area contributed by atoms with Crippen LogP contribution in [0.25, 0.3) is 0 Å². The minimum absolute atomic E-state index is 0.0465. The molecule has 0 spiro atoms. The molecule has 0 aliphatic rings. The van der Waals surface area contributed by atoms with E-state index in [2.05, 4.69) is 15.3 Å². The summed E-state index contributed by atoms with van der Waals surface area (Å²) in [4.78, 5) is 18.7. The van der Waals surface area contributed by atoms with Gasteiger partial charge in [0.1, 0.15) is 5.69 Å². The lowest BCUT2D eigenvalue weighted by molar-refractivity contribution is -0.389. The highest BCUT2D eigenvalue weighted by molar-refractivity contribution is 8.00. The van der Waals surface area contributed by atoms with Crippen molar-refractivity contribution in [3.8, 4) is 0 Å². The van der Waals surface area contributed by atoms with Crippen molar-refractivity contribution >= 4 is 23.4 Å². The molecule has 0 fully saturated rings. The van der Waals surface area contributed by atoms with Gasteiger partial charge in [-0.25, -0.2) is 4.98 Å². The van der Waals surface area contributed by atoms with Gasteiger partial charge in [-0.2, -0.15) is 4.98 Å². The quantitative estimate of drug-likeness (QED) is 0.351. The Labute approximate surface area is 109 Å². The van der Waals surface area contributed by atoms with E-state index in [1.807, 2.05) is 6.92 Å². The molecule has 1 atom stereocenters. The number of rotatable bonds is 6. The number of nitrogens with zero attached hydrogens (tertiary/aromatic N) is 3. The monoisotopic (exact) mass is 272 g/mol. The second-order valence-corrected chi connectivity index (χ2v) is 5.16. The predicted molar refractivity (Wildman–Crippen MR) is 70.0 cm³/mol. The first kappa shape index (κ1) is 14.7. The number of aryl methyl sites for hydroxylation is 1. The average Bonchev–Trinajstić information content (AvgIpc) is 2.27. The maximum atomic E-state index is 11.0. The fourth-order valence-electron chi connectivity index (χ4n) is 1.38. The van der Waals surface area contributed by atoms with Crippen molar-refractivity contribution in [1.29, 1.82) is 0 Å². The van der Waals surface area contributed by atoms with Crippen LogP contribution in [0, 0.1) is 17.0 Å². The Balaban J connectivity index is 3.13. The van der Waals surface area contributed by atoms with Gasteiger partial charge < -0.3 is 10.4 Å². The van der Waals surface area contributed by atoms with Crippen molar-refractivity contribution in [2.45, 2.75) is 30.5 Å². The van der Waals surface area contributed by atoms with E-state index < -0.39 is 4.92 Å². The third-order valence-electron chi connectivity index (χ3n) is 2.28. The Morgan fingerprint density at radius 3 is 2.72 bits per heavy atom. The molecule has 1 heterocycles. The van der Waals surface area contributed by atoms with Crippen molar-refractivity contribution in [3.05, 3.63) is 15.8 Å². The fourth-order valence-corrected chi connectivity index (χ4v) is 2.45. The maximum absolute atomic E-state index is 11.0. The molecule has 1 aromatic heterocycles. The largest absolute Gasteiger partial charge is 0.396 e. The summed E-state index contributed by atoms with van der Waals surface area (Å²) in [5.74, 6) is 0.358. The van der Waals surface area contributed by atoms with Crippen LogP contribution in [-0.4, -0.2) is 38.9 Å². The molecule has 1 rings (SSSR count). The van der Waals surface area contributed by atoms with E-state index in [0.29, 0.717) is 23.1 Å². The number of hydrogen-bond acceptors (Lipinski definition) is 7. The molecule has 7 nitrogen and oxygen atoms in total. The molecule has 0 radical (unpaired) electrons. The number of hydrogen-bond donors (Lipinski definition) is 2. The first-order valence-corrected chi connectivity index (χ1v) is 6.35. The van der Waals surface area contributed by atoms with Crippen LogP contribution in [0.3, 0.4) is 0 Å². The third-order valence-corrected chi connectivity index (χ3v) is 3.43. The number of thioether (sulfide) groups is 1. The van der Waals surface area contributed by atoms with E-state index in [0.717, 1.165) is 0 Å². The second kappa shape index (κ2) is 6.50. The summed E-state index contributed by atoms with van der Waals surface area (Å²) >= 11 is 1.27. The van der Waals surface area contributed by atoms with Crippen LogP contribution in [0.5, 0.6) is 0 Å². The Bertz CT molecular complexity index is 441. The molecule has 0 amide bonds. The number of nitro groups is 1. The number of nitrogens with one attached hydrogen (secondary N) is 1. The minimum atomic E-state index is -0.469. The van der Waals surface area contributed by atoms with Gasteiger partial charge in [-0.3, -0.25) is 10.1 Å². The van der Waals surface area contributed by atoms with E-state index in [1.165, 1.54) is 11.8 Å². The van der Waals surface area contributed by atoms with Gasteiger partial charge in [0.05, 0.1) is 4.92 Å². The van der Waals surface area contributed by atoms with E-state index in [-0.39, 0.29) is 17.5 Å². The molecule has 0 saturated carbocycles. The van der Waals surface area contributed by atoms with Crippen LogP contribution >= 0.6 is 11.8 Å². The van der Waals surface area contributed by atoms with Crippen LogP contribution in [-0.2, 0) is 0 Å². The molecule has 0 aliphatic heterocycles. The molecule has 100 valence electrons. The van der Waals surface area contributed by atoms with Gasteiger partial charge in [-0.1, -0.05) is 18.7 Å². The fraction of sp³-hybridized carbons (Fsp3) is 0.600. The summed E-state index contributed by atoms with van der Waals surface area (Å²) < 4.78 is 0. The molecule has 8 heteroatoms. The average molecular weight is 272 g/mol. The van der Waals surface area contributed by atoms with Gasteiger partial charge in [-0.15, -0.1) is 0 Å². The van der Waals surface area contributed by atoms with Gasteiger partial charge in [0.2, 0.25) is 5.95 Å². The standard InChI is InChI=1S/C10H16N4O3S/c1-6(4-5-15)18-9-8(14(16)17)7(2)12-10(11-3)13-9/h6,15H,4-5H2,1-3H3,(H,11,12,13). The van der Waals surface area contributed by atoms with Gasteiger partial charge in [0.25, 0.3) is 0 Å². The van der Waals surface area contributed by atoms with Gasteiger partial charge in [0, 0.05) is 18.9 Å². The molecular weight excluding hydrogens is 256 g/mol. The van der Waals surface area contributed by atoms with Crippen molar-refractivity contribution < 1.29 is 10.0 Å². The van der Waals surface area contributed by atoms with Crippen LogP contribution in [0.1, 0.15) is 19.0 Å². The SMILES string of the molecule is CNc1nc(C)c([N+](=O)[O-])c(SC(C)CCO)n1. The van der Waals surface area contributed by atoms with Crippen molar-refractivity contribution in [3.63, 3.8) is 0 Å². The topological polar surface area (TPSA) is 101 Å². The van der Waals surface area contributed by atoms with E-state index in [1.54, 1.807) is 14.0 Å². The Morgan fingerprint density at radius 1 is 1.56 bits per heavy atom. The Kier molecular flexibility index (Phi) is 5.29. The van der Waals surface area contributed by atoms with Crippen molar-refractivity contribution in [2.75, 3.05) is 19.0 Å². The first-order valence-electron chi connectivity index (χ1n) is 5.47. The molecule has 18 heavy (non-hydrogen) atoms. The smallest absolute Gasteiger partial charge is 0.322 e. The summed E-state index contributed by atoms with van der Waals surface area (Å²) in [5.41, 5.74) is 0.266. The van der Waals surface area contributed by atoms with E-state index in [9.17, 15) is 10.1 Å². The van der Waals surface area contributed by atoms with Crippen LogP contribution in [0.15, 0.2) is 5.03 Å². The highest BCUT2D eigenvalue weighted by Gasteiger charge is 2.23. The summed E-state index contributed by atoms with van der Waals surface area (Å²) in [5, 5.41) is 23.0. The minimum Gasteiger partial charge on any atom is -0.396 e. The van der Waals surface area contributed by atoms with Gasteiger partial charge in [-0.05, 0) is 13.3 Å². The van der Waals surface area contributed by atoms with Crippen LogP contribution in [0.4, 0.5) is 11.6 Å². The summed E-state index contributed by atoms with van der Waals surface area (Å²) in [6.07, 6.45) is 0.555. The summed E-state index contributed by atoms with van der Waals surface area (Å²) in [6.45, 7) is 3.52. The summed E-state index contributed by atoms with van der Waals surface area (Å²) in [7, 11) is 1.66. The Hall–Kier alpha value is -1.41. The molecule has 0 aromatic carbocycles. The van der Waals surface area contributed by atoms with Crippen molar-refractivity contribution in [1.82, 2.24) is 9.97 Å². The zero-order chi connectivity index (χ0) is 13.7. The zero-order valence-electron chi connectivity index (χ0n) is 10.5. The van der Waals surface area contributed by atoms with E-state index in [4.69, 9.17) is 5.11 Å². The first-order chi connectivity index (χ1) is 8.49. The molecule has 2 N–H and O–H groups in total. The van der Waals surface area contributed by atoms with Crippen molar-refractivity contribution in [2.24, 2.45) is 0 Å². The number of anilines is 1. The van der Waals surface area contributed by atoms with Crippen LogP contribution in [0.2, 0.25) is 0 Å². The lowest BCUT2D eigenvalue weighted by Gasteiger charge is -2.10.